The summed E-state index contributed by atoms with van der Waals surface area (Å²) in [6.07, 6.45) is 5.96. The summed E-state index contributed by atoms with van der Waals surface area (Å²) >= 11 is 0. The van der Waals surface area contributed by atoms with Crippen molar-refractivity contribution >= 4 is 23.2 Å². The molecule has 0 saturated heterocycles. The molecular formula is C18H27N3O3. The van der Waals surface area contributed by atoms with Gasteiger partial charge in [0.1, 0.15) is 5.75 Å². The van der Waals surface area contributed by atoms with Crippen molar-refractivity contribution in [2.45, 2.75) is 45.4 Å². The van der Waals surface area contributed by atoms with Crippen molar-refractivity contribution in [2.24, 2.45) is 11.1 Å². The smallest absolute Gasteiger partial charge is 0.224 e. The summed E-state index contributed by atoms with van der Waals surface area (Å²) in [6.45, 7) is 1.97. The number of methoxy groups -OCH3 is 1. The van der Waals surface area contributed by atoms with Gasteiger partial charge in [-0.15, -0.1) is 0 Å². The van der Waals surface area contributed by atoms with Gasteiger partial charge in [0.05, 0.1) is 12.8 Å². The van der Waals surface area contributed by atoms with Crippen LogP contribution in [0, 0.1) is 5.41 Å². The predicted molar refractivity (Wildman–Crippen MR) is 95.1 cm³/mol. The fourth-order valence-electron chi connectivity index (χ4n) is 3.37. The van der Waals surface area contributed by atoms with Crippen LogP contribution < -0.4 is 21.1 Å². The van der Waals surface area contributed by atoms with E-state index in [0.717, 1.165) is 25.7 Å². The van der Waals surface area contributed by atoms with Gasteiger partial charge in [-0.05, 0) is 43.0 Å². The van der Waals surface area contributed by atoms with Crippen molar-refractivity contribution in [2.75, 3.05) is 24.3 Å². The Morgan fingerprint density at radius 1 is 1.21 bits per heavy atom. The number of carbonyl (C=O) groups is 2. The Labute approximate surface area is 143 Å². The van der Waals surface area contributed by atoms with E-state index in [1.165, 1.54) is 20.5 Å². The van der Waals surface area contributed by atoms with E-state index in [-0.39, 0.29) is 17.2 Å². The predicted octanol–water partition coefficient (Wildman–Crippen LogP) is 2.89. The third-order valence-corrected chi connectivity index (χ3v) is 4.68. The second-order valence-electron chi connectivity index (χ2n) is 6.59. The minimum absolute atomic E-state index is 0.0405. The number of carbonyl (C=O) groups excluding carboxylic acids is 2. The highest BCUT2D eigenvalue weighted by Crippen LogP contribution is 2.38. The topological polar surface area (TPSA) is 93.4 Å². The van der Waals surface area contributed by atoms with Crippen LogP contribution in [0.25, 0.3) is 0 Å². The molecule has 1 aliphatic carbocycles. The molecule has 0 radical (unpaired) electrons. The number of benzene rings is 1. The van der Waals surface area contributed by atoms with Gasteiger partial charge in [-0.3, -0.25) is 9.59 Å². The van der Waals surface area contributed by atoms with Gasteiger partial charge in [-0.1, -0.05) is 19.3 Å². The monoisotopic (exact) mass is 333 g/mol. The average molecular weight is 333 g/mol. The van der Waals surface area contributed by atoms with Crippen LogP contribution in [0.2, 0.25) is 0 Å². The molecule has 0 bridgehead atoms. The molecular weight excluding hydrogens is 306 g/mol. The molecule has 4 N–H and O–H groups in total. The van der Waals surface area contributed by atoms with Crippen molar-refractivity contribution in [1.82, 2.24) is 0 Å². The Morgan fingerprint density at radius 3 is 2.50 bits per heavy atom. The van der Waals surface area contributed by atoms with Gasteiger partial charge in [0.15, 0.2) is 0 Å². The summed E-state index contributed by atoms with van der Waals surface area (Å²) in [4.78, 5) is 23.7. The molecule has 2 amide bonds. The Hall–Kier alpha value is -2.08. The van der Waals surface area contributed by atoms with Gasteiger partial charge in [0.2, 0.25) is 11.8 Å². The molecule has 0 spiro atoms. The van der Waals surface area contributed by atoms with Crippen LogP contribution >= 0.6 is 0 Å². The Kier molecular flexibility index (Phi) is 6.20. The zero-order valence-corrected chi connectivity index (χ0v) is 14.5. The van der Waals surface area contributed by atoms with E-state index in [4.69, 9.17) is 10.5 Å². The average Bonchev–Trinajstić information content (AvgIpc) is 2.55. The van der Waals surface area contributed by atoms with Crippen LogP contribution in [0.15, 0.2) is 18.2 Å². The van der Waals surface area contributed by atoms with E-state index in [2.05, 4.69) is 10.6 Å². The second-order valence-corrected chi connectivity index (χ2v) is 6.59. The normalized spacial score (nSPS) is 16.3. The number of anilines is 2. The molecule has 132 valence electrons. The molecule has 1 saturated carbocycles. The van der Waals surface area contributed by atoms with Crippen LogP contribution in [0.4, 0.5) is 11.4 Å². The molecule has 1 fully saturated rings. The summed E-state index contributed by atoms with van der Waals surface area (Å²) in [5.41, 5.74) is 7.05. The number of hydrogen-bond acceptors (Lipinski definition) is 4. The van der Waals surface area contributed by atoms with E-state index in [0.29, 0.717) is 30.1 Å². The molecule has 1 aliphatic rings. The molecule has 0 unspecified atom stereocenters. The quantitative estimate of drug-likeness (QED) is 0.746. The molecule has 0 aromatic heterocycles. The fourth-order valence-corrected chi connectivity index (χ4v) is 3.37. The van der Waals surface area contributed by atoms with Crippen molar-refractivity contribution < 1.29 is 14.3 Å². The molecule has 1 aromatic carbocycles. The standard InChI is InChI=1S/C18H27N3O3/c1-13(22)20-15-10-14(6-7-16(15)24-2)21-17(23)11-18(12-19)8-4-3-5-9-18/h6-7,10H,3-5,8-9,11-12,19H2,1-2H3,(H,20,22)(H,21,23). The van der Waals surface area contributed by atoms with E-state index in [9.17, 15) is 9.59 Å². The number of nitrogens with one attached hydrogen (secondary N) is 2. The maximum absolute atomic E-state index is 12.4. The first-order valence-electron chi connectivity index (χ1n) is 8.43. The first kappa shape index (κ1) is 18.3. The molecule has 0 atom stereocenters. The van der Waals surface area contributed by atoms with Crippen LogP contribution in [0.3, 0.4) is 0 Å². The number of hydrogen-bond donors (Lipinski definition) is 3. The van der Waals surface area contributed by atoms with Crippen LogP contribution in [-0.2, 0) is 9.59 Å². The molecule has 1 aromatic rings. The molecule has 0 aliphatic heterocycles. The van der Waals surface area contributed by atoms with Gasteiger partial charge in [-0.2, -0.15) is 0 Å². The zero-order valence-electron chi connectivity index (χ0n) is 14.5. The van der Waals surface area contributed by atoms with E-state index in [1.54, 1.807) is 18.2 Å². The zero-order chi connectivity index (χ0) is 17.6. The molecule has 0 heterocycles. The van der Waals surface area contributed by atoms with E-state index < -0.39 is 0 Å². The lowest BCUT2D eigenvalue weighted by Crippen LogP contribution is -2.36. The van der Waals surface area contributed by atoms with Gasteiger partial charge in [0.25, 0.3) is 0 Å². The van der Waals surface area contributed by atoms with Gasteiger partial charge in [0, 0.05) is 19.0 Å². The maximum atomic E-state index is 12.4. The van der Waals surface area contributed by atoms with Gasteiger partial charge < -0.3 is 21.1 Å². The highest BCUT2D eigenvalue weighted by molar-refractivity contribution is 5.94. The molecule has 24 heavy (non-hydrogen) atoms. The largest absolute Gasteiger partial charge is 0.495 e. The number of rotatable bonds is 6. The van der Waals surface area contributed by atoms with E-state index >= 15 is 0 Å². The summed E-state index contributed by atoms with van der Waals surface area (Å²) in [5.74, 6) is 0.316. The summed E-state index contributed by atoms with van der Waals surface area (Å²) in [7, 11) is 1.53. The minimum atomic E-state index is -0.193. The Balaban J connectivity index is 2.06. The lowest BCUT2D eigenvalue weighted by Gasteiger charge is -2.35. The summed E-state index contributed by atoms with van der Waals surface area (Å²) < 4.78 is 5.22. The third kappa shape index (κ3) is 4.71. The highest BCUT2D eigenvalue weighted by Gasteiger charge is 2.32. The Bertz CT molecular complexity index is 595. The van der Waals surface area contributed by atoms with Crippen molar-refractivity contribution in [3.05, 3.63) is 18.2 Å². The fraction of sp³-hybridized carbons (Fsp3) is 0.556. The first-order chi connectivity index (χ1) is 11.5. The third-order valence-electron chi connectivity index (χ3n) is 4.68. The first-order valence-corrected chi connectivity index (χ1v) is 8.43. The van der Waals surface area contributed by atoms with Crippen LogP contribution in [0.1, 0.15) is 45.4 Å². The van der Waals surface area contributed by atoms with Gasteiger partial charge in [-0.25, -0.2) is 0 Å². The summed E-state index contributed by atoms with van der Waals surface area (Å²) in [5, 5.41) is 5.61. The van der Waals surface area contributed by atoms with Crippen molar-refractivity contribution in [1.29, 1.82) is 0 Å². The van der Waals surface area contributed by atoms with Crippen LogP contribution in [-0.4, -0.2) is 25.5 Å². The van der Waals surface area contributed by atoms with Gasteiger partial charge >= 0.3 is 0 Å². The molecule has 2 rings (SSSR count). The number of ether oxygens (including phenoxy) is 1. The number of nitrogens with two attached hydrogens (primary N) is 1. The van der Waals surface area contributed by atoms with Crippen molar-refractivity contribution in [3.8, 4) is 5.75 Å². The van der Waals surface area contributed by atoms with Crippen molar-refractivity contribution in [3.63, 3.8) is 0 Å². The SMILES string of the molecule is COc1ccc(NC(=O)CC2(CN)CCCCC2)cc1NC(C)=O. The van der Waals surface area contributed by atoms with Crippen LogP contribution in [0.5, 0.6) is 5.75 Å². The molecule has 6 heteroatoms. The summed E-state index contributed by atoms with van der Waals surface area (Å²) in [6, 6.07) is 5.19. The number of amides is 2. The Morgan fingerprint density at radius 2 is 1.92 bits per heavy atom. The lowest BCUT2D eigenvalue weighted by atomic mass is 9.71. The molecule has 6 nitrogen and oxygen atoms in total. The van der Waals surface area contributed by atoms with E-state index in [1.807, 2.05) is 0 Å². The maximum Gasteiger partial charge on any atom is 0.224 e. The lowest BCUT2D eigenvalue weighted by molar-refractivity contribution is -0.119. The minimum Gasteiger partial charge on any atom is -0.495 e. The highest BCUT2D eigenvalue weighted by atomic mass is 16.5. The second kappa shape index (κ2) is 8.15.